The summed E-state index contributed by atoms with van der Waals surface area (Å²) in [5, 5.41) is 1.96. The van der Waals surface area contributed by atoms with Crippen LogP contribution in [0.2, 0.25) is 0 Å². The van der Waals surface area contributed by atoms with Crippen molar-refractivity contribution in [3.63, 3.8) is 0 Å². The third-order valence-electron chi connectivity index (χ3n) is 6.28. The molecule has 0 fully saturated rings. The zero-order valence-electron chi connectivity index (χ0n) is 19.0. The first kappa shape index (κ1) is 23.7. The van der Waals surface area contributed by atoms with Crippen molar-refractivity contribution in [1.29, 1.82) is 0 Å². The van der Waals surface area contributed by atoms with Gasteiger partial charge in [-0.3, -0.25) is 19.4 Å². The van der Waals surface area contributed by atoms with E-state index in [9.17, 15) is 27.6 Å². The van der Waals surface area contributed by atoms with Crippen LogP contribution in [0.25, 0.3) is 0 Å². The highest BCUT2D eigenvalue weighted by Gasteiger charge is 2.71. The van der Waals surface area contributed by atoms with Crippen LogP contribution in [0.1, 0.15) is 48.3 Å². The number of hydrogen-bond donors (Lipinski definition) is 1. The third kappa shape index (κ3) is 3.78. The van der Waals surface area contributed by atoms with E-state index in [1.807, 2.05) is 5.32 Å². The van der Waals surface area contributed by atoms with E-state index >= 15 is 0 Å². The van der Waals surface area contributed by atoms with Gasteiger partial charge in [0.25, 0.3) is 11.8 Å². The summed E-state index contributed by atoms with van der Waals surface area (Å²) in [5.74, 6) is -3.28. The molecule has 0 radical (unpaired) electrons. The molecule has 2 aromatic rings. The van der Waals surface area contributed by atoms with Crippen LogP contribution < -0.4 is 5.32 Å². The molecular weight excluding hydrogens is 447 g/mol. The maximum absolute atomic E-state index is 14.8. The Kier molecular flexibility index (Phi) is 5.62. The Bertz CT molecular complexity index is 1200. The summed E-state index contributed by atoms with van der Waals surface area (Å²) in [5.41, 5.74) is -4.03. The Labute approximate surface area is 194 Å². The molecule has 2 aliphatic rings. The van der Waals surface area contributed by atoms with Gasteiger partial charge in [0, 0.05) is 23.9 Å². The number of halogens is 3. The maximum atomic E-state index is 14.8. The van der Waals surface area contributed by atoms with Gasteiger partial charge in [0.15, 0.2) is 5.78 Å². The molecule has 0 spiro atoms. The first-order valence-corrected chi connectivity index (χ1v) is 10.8. The van der Waals surface area contributed by atoms with Crippen molar-refractivity contribution in [2.45, 2.75) is 51.9 Å². The number of nitrogens with one attached hydrogen (secondary N) is 1. The number of amides is 2. The Morgan fingerprint density at radius 3 is 2.38 bits per heavy atom. The quantitative estimate of drug-likeness (QED) is 0.728. The van der Waals surface area contributed by atoms with Crippen LogP contribution in [0.3, 0.4) is 0 Å². The summed E-state index contributed by atoms with van der Waals surface area (Å²) in [6.45, 7) is 4.85. The van der Waals surface area contributed by atoms with Gasteiger partial charge < -0.3 is 10.2 Å². The Morgan fingerprint density at radius 2 is 1.76 bits per heavy atom. The number of aromatic nitrogens is 1. The predicted octanol–water partition coefficient (Wildman–Crippen LogP) is 4.11. The summed E-state index contributed by atoms with van der Waals surface area (Å²) >= 11 is 0. The first-order valence-electron chi connectivity index (χ1n) is 10.8. The molecule has 1 aliphatic carbocycles. The van der Waals surface area contributed by atoms with Crippen LogP contribution in [-0.2, 0) is 16.1 Å². The second-order valence-corrected chi connectivity index (χ2v) is 9.49. The number of aryl methyl sites for hydroxylation is 1. The van der Waals surface area contributed by atoms with Crippen molar-refractivity contribution in [3.05, 3.63) is 76.8 Å². The predicted molar refractivity (Wildman–Crippen MR) is 117 cm³/mol. The number of allylic oxidation sites excluding steroid dienone is 1. The second kappa shape index (κ2) is 8.07. The minimum absolute atomic E-state index is 0.00663. The topological polar surface area (TPSA) is 79.4 Å². The molecule has 6 nitrogen and oxygen atoms in total. The smallest absolute Gasteiger partial charge is 0.326 e. The molecule has 1 unspecified atom stereocenters. The molecule has 1 aliphatic heterocycles. The van der Waals surface area contributed by atoms with Crippen molar-refractivity contribution in [2.75, 3.05) is 0 Å². The zero-order chi connectivity index (χ0) is 24.9. The normalized spacial score (nSPS) is 22.1. The monoisotopic (exact) mass is 471 g/mol. The number of alkyl halides is 3. The molecule has 1 aromatic carbocycles. The number of carbonyl (C=O) groups is 3. The lowest BCUT2D eigenvalue weighted by molar-refractivity contribution is -0.190. The van der Waals surface area contributed by atoms with Crippen molar-refractivity contribution < 1.29 is 27.6 Å². The number of Topliss-reactive ketones (excluding diaryl/α,β-unsaturated/α-hetero) is 1. The maximum Gasteiger partial charge on any atom is 0.425 e. The molecular formula is C25H24F3N3O3. The largest absolute Gasteiger partial charge is 0.425 e. The fraction of sp³-hybridized carbons (Fsp3) is 0.360. The molecule has 2 amide bonds. The molecule has 0 bridgehead atoms. The molecule has 178 valence electrons. The van der Waals surface area contributed by atoms with E-state index in [1.54, 1.807) is 51.1 Å². The average Bonchev–Trinajstić information content (AvgIpc) is 2.97. The number of hydrogen-bond acceptors (Lipinski definition) is 4. The number of carbonyl (C=O) groups excluding carboxylic acids is 3. The van der Waals surface area contributed by atoms with E-state index < -0.39 is 40.3 Å². The van der Waals surface area contributed by atoms with Crippen LogP contribution in [0.5, 0.6) is 0 Å². The molecule has 2 heterocycles. The molecule has 9 heteroatoms. The Morgan fingerprint density at radius 1 is 1.09 bits per heavy atom. The van der Waals surface area contributed by atoms with Gasteiger partial charge in [-0.15, -0.1) is 0 Å². The van der Waals surface area contributed by atoms with Crippen molar-refractivity contribution in [3.8, 4) is 0 Å². The van der Waals surface area contributed by atoms with Crippen LogP contribution in [0.15, 0.2) is 59.9 Å². The molecule has 34 heavy (non-hydrogen) atoms. The summed E-state index contributed by atoms with van der Waals surface area (Å²) in [7, 11) is 0. The van der Waals surface area contributed by atoms with Gasteiger partial charge in [0.2, 0.25) is 5.54 Å². The van der Waals surface area contributed by atoms with Gasteiger partial charge in [0.1, 0.15) is 0 Å². The van der Waals surface area contributed by atoms with Crippen molar-refractivity contribution in [1.82, 2.24) is 15.2 Å². The van der Waals surface area contributed by atoms with Gasteiger partial charge in [-0.1, -0.05) is 38.1 Å². The number of pyridine rings is 1. The fourth-order valence-electron chi connectivity index (χ4n) is 4.71. The van der Waals surface area contributed by atoms with E-state index in [0.717, 1.165) is 4.90 Å². The van der Waals surface area contributed by atoms with E-state index in [1.165, 1.54) is 18.3 Å². The van der Waals surface area contributed by atoms with Gasteiger partial charge in [0.05, 0.1) is 17.8 Å². The fourth-order valence-corrected chi connectivity index (χ4v) is 4.71. The summed E-state index contributed by atoms with van der Waals surface area (Å²) < 4.78 is 44.5. The van der Waals surface area contributed by atoms with Crippen LogP contribution >= 0.6 is 0 Å². The van der Waals surface area contributed by atoms with Gasteiger partial charge in [-0.2, -0.15) is 13.2 Å². The summed E-state index contributed by atoms with van der Waals surface area (Å²) in [6, 6.07) is 11.0. The molecule has 1 aromatic heterocycles. The lowest BCUT2D eigenvalue weighted by Crippen LogP contribution is -2.66. The van der Waals surface area contributed by atoms with E-state index in [0.29, 0.717) is 11.3 Å². The first-order chi connectivity index (χ1) is 15.9. The molecule has 0 saturated heterocycles. The van der Waals surface area contributed by atoms with Gasteiger partial charge in [-0.05, 0) is 42.5 Å². The second-order valence-electron chi connectivity index (χ2n) is 9.49. The van der Waals surface area contributed by atoms with Crippen LogP contribution in [-0.4, -0.2) is 39.2 Å². The number of rotatable bonds is 4. The average molecular weight is 471 g/mol. The molecule has 4 rings (SSSR count). The van der Waals surface area contributed by atoms with E-state index in [2.05, 4.69) is 4.98 Å². The Balaban J connectivity index is 1.89. The van der Waals surface area contributed by atoms with Crippen molar-refractivity contribution in [2.24, 2.45) is 5.41 Å². The lowest BCUT2D eigenvalue weighted by atomic mass is 9.72. The zero-order valence-corrected chi connectivity index (χ0v) is 19.0. The number of benzene rings is 1. The minimum atomic E-state index is -5.25. The van der Waals surface area contributed by atoms with Crippen LogP contribution in [0, 0.1) is 12.3 Å². The molecule has 1 N–H and O–H groups in total. The van der Waals surface area contributed by atoms with E-state index in [4.69, 9.17) is 0 Å². The van der Waals surface area contributed by atoms with Gasteiger partial charge in [-0.25, -0.2) is 0 Å². The number of nitrogens with zero attached hydrogens (tertiary/aromatic N) is 2. The lowest BCUT2D eigenvalue weighted by Gasteiger charge is -2.35. The summed E-state index contributed by atoms with van der Waals surface area (Å²) in [4.78, 5) is 45.0. The highest BCUT2D eigenvalue weighted by molar-refractivity contribution is 6.14. The molecule has 1 atom stereocenters. The van der Waals surface area contributed by atoms with Gasteiger partial charge >= 0.3 is 6.18 Å². The highest BCUT2D eigenvalue weighted by Crippen LogP contribution is 2.52. The summed E-state index contributed by atoms with van der Waals surface area (Å²) in [6.07, 6.45) is -3.88. The van der Waals surface area contributed by atoms with Crippen LogP contribution in [0.4, 0.5) is 13.2 Å². The molecule has 0 saturated carbocycles. The minimum Gasteiger partial charge on any atom is -0.326 e. The van der Waals surface area contributed by atoms with Crippen molar-refractivity contribution >= 4 is 17.6 Å². The standard InChI is InChI=1S/C25H24F3N3O3/c1-15-8-4-5-10-17(15)21(33)30-24(25(26,27)28)20-18(12-23(2,3)13-19(20)32)31(22(24)34)14-16-9-6-7-11-29-16/h4-11H,12-14H2,1-3H3,(H,30,33). The highest BCUT2D eigenvalue weighted by atomic mass is 19.4. The SMILES string of the molecule is Cc1ccccc1C(=O)NC1(C(F)(F)F)C(=O)N(Cc2ccccn2)C2=C1C(=O)CC(C)(C)C2. The number of ketones is 1. The third-order valence-corrected chi connectivity index (χ3v) is 6.28. The Hall–Kier alpha value is -3.49. The van der Waals surface area contributed by atoms with E-state index in [-0.39, 0.29) is 30.6 Å².